The van der Waals surface area contributed by atoms with Gasteiger partial charge in [0.2, 0.25) is 0 Å². The topological polar surface area (TPSA) is 29.3 Å². The average Bonchev–Trinajstić information content (AvgIpc) is 2.48. The second-order valence-corrected chi connectivity index (χ2v) is 6.10. The number of likely N-dealkylation sites (N-methyl/N-ethyl adjacent to an activating group) is 1. The van der Waals surface area contributed by atoms with Crippen LogP contribution in [0.1, 0.15) is 38.8 Å². The Morgan fingerprint density at radius 3 is 2.40 bits per heavy atom. The van der Waals surface area contributed by atoms with E-state index in [2.05, 4.69) is 75.2 Å². The standard InChI is InChI=1S/C18H26N2/c1-5-18(2,3)20(4)17(13-19)16-12-8-10-14-9-6-7-11-15(14)16/h6-12,17H,5,13,19H2,1-4H3. The van der Waals surface area contributed by atoms with E-state index < -0.39 is 0 Å². The van der Waals surface area contributed by atoms with Crippen molar-refractivity contribution in [3.05, 3.63) is 48.0 Å². The van der Waals surface area contributed by atoms with Crippen molar-refractivity contribution < 1.29 is 0 Å². The first kappa shape index (κ1) is 15.0. The minimum absolute atomic E-state index is 0.140. The summed E-state index contributed by atoms with van der Waals surface area (Å²) in [4.78, 5) is 2.41. The molecule has 0 spiro atoms. The average molecular weight is 270 g/mol. The number of rotatable bonds is 5. The van der Waals surface area contributed by atoms with E-state index in [4.69, 9.17) is 5.73 Å². The van der Waals surface area contributed by atoms with E-state index in [1.807, 2.05) is 0 Å². The normalized spacial score (nSPS) is 13.9. The summed E-state index contributed by atoms with van der Waals surface area (Å²) in [6.07, 6.45) is 1.10. The minimum Gasteiger partial charge on any atom is -0.329 e. The highest BCUT2D eigenvalue weighted by atomic mass is 15.2. The van der Waals surface area contributed by atoms with Crippen molar-refractivity contribution in [1.82, 2.24) is 4.90 Å². The van der Waals surface area contributed by atoms with Crippen molar-refractivity contribution in [2.45, 2.75) is 38.8 Å². The molecule has 0 aliphatic rings. The summed E-state index contributed by atoms with van der Waals surface area (Å²) in [5.74, 6) is 0. The Morgan fingerprint density at radius 2 is 1.75 bits per heavy atom. The molecule has 0 radical (unpaired) electrons. The van der Waals surface area contributed by atoms with E-state index in [0.29, 0.717) is 6.54 Å². The molecule has 0 bridgehead atoms. The smallest absolute Gasteiger partial charge is 0.0478 e. The van der Waals surface area contributed by atoms with Gasteiger partial charge in [0.1, 0.15) is 0 Å². The molecule has 0 saturated carbocycles. The summed E-state index contributed by atoms with van der Waals surface area (Å²) in [6.45, 7) is 7.42. The van der Waals surface area contributed by atoms with Gasteiger partial charge >= 0.3 is 0 Å². The van der Waals surface area contributed by atoms with E-state index in [-0.39, 0.29) is 11.6 Å². The first-order chi connectivity index (χ1) is 9.51. The number of nitrogens with zero attached hydrogens (tertiary/aromatic N) is 1. The van der Waals surface area contributed by atoms with Crippen molar-refractivity contribution in [2.75, 3.05) is 13.6 Å². The molecule has 0 fully saturated rings. The summed E-state index contributed by atoms with van der Waals surface area (Å²) >= 11 is 0. The van der Waals surface area contributed by atoms with Gasteiger partial charge in [0.25, 0.3) is 0 Å². The zero-order chi connectivity index (χ0) is 14.8. The molecule has 2 aromatic carbocycles. The van der Waals surface area contributed by atoms with Gasteiger partial charge < -0.3 is 5.73 Å². The fraction of sp³-hybridized carbons (Fsp3) is 0.444. The molecule has 2 aromatic rings. The predicted octanol–water partition coefficient (Wildman–Crippen LogP) is 3.96. The van der Waals surface area contributed by atoms with Gasteiger partial charge in [0, 0.05) is 18.1 Å². The third-order valence-corrected chi connectivity index (χ3v) is 4.69. The largest absolute Gasteiger partial charge is 0.329 e. The lowest BCUT2D eigenvalue weighted by atomic mass is 9.92. The van der Waals surface area contributed by atoms with Crippen LogP contribution in [0.5, 0.6) is 0 Å². The van der Waals surface area contributed by atoms with Crippen molar-refractivity contribution in [3.8, 4) is 0 Å². The Morgan fingerprint density at radius 1 is 1.10 bits per heavy atom. The lowest BCUT2D eigenvalue weighted by Crippen LogP contribution is -2.45. The summed E-state index contributed by atoms with van der Waals surface area (Å²) in [5, 5.41) is 2.59. The highest BCUT2D eigenvalue weighted by Gasteiger charge is 2.28. The molecule has 0 aromatic heterocycles. The van der Waals surface area contributed by atoms with Gasteiger partial charge in [0.05, 0.1) is 0 Å². The van der Waals surface area contributed by atoms with Crippen LogP contribution >= 0.6 is 0 Å². The Balaban J connectivity index is 2.50. The Kier molecular flexibility index (Phi) is 4.46. The molecule has 2 N–H and O–H groups in total. The lowest BCUT2D eigenvalue weighted by Gasteiger charge is -2.41. The lowest BCUT2D eigenvalue weighted by molar-refractivity contribution is 0.101. The molecule has 0 heterocycles. The van der Waals surface area contributed by atoms with Crippen LogP contribution in [0.15, 0.2) is 42.5 Å². The maximum Gasteiger partial charge on any atom is 0.0478 e. The van der Waals surface area contributed by atoms with Crippen molar-refractivity contribution in [3.63, 3.8) is 0 Å². The first-order valence-corrected chi connectivity index (χ1v) is 7.42. The van der Waals surface area contributed by atoms with Crippen LogP contribution in [0, 0.1) is 0 Å². The Hall–Kier alpha value is -1.38. The second kappa shape index (κ2) is 5.94. The van der Waals surface area contributed by atoms with Crippen LogP contribution in [0.3, 0.4) is 0 Å². The molecule has 1 atom stereocenters. The maximum atomic E-state index is 6.11. The Labute approximate surface area is 122 Å². The fourth-order valence-electron chi connectivity index (χ4n) is 2.71. The molecule has 2 heteroatoms. The number of fused-ring (bicyclic) bond motifs is 1. The number of nitrogens with two attached hydrogens (primary N) is 1. The van der Waals surface area contributed by atoms with Gasteiger partial charge in [-0.3, -0.25) is 4.90 Å². The van der Waals surface area contributed by atoms with Crippen molar-refractivity contribution in [1.29, 1.82) is 0 Å². The highest BCUT2D eigenvalue weighted by Crippen LogP contribution is 2.32. The van der Waals surface area contributed by atoms with Crippen molar-refractivity contribution >= 4 is 10.8 Å². The van der Waals surface area contributed by atoms with E-state index >= 15 is 0 Å². The zero-order valence-electron chi connectivity index (χ0n) is 13.1. The minimum atomic E-state index is 0.140. The summed E-state index contributed by atoms with van der Waals surface area (Å²) in [5.41, 5.74) is 7.57. The monoisotopic (exact) mass is 270 g/mol. The van der Waals surface area contributed by atoms with Gasteiger partial charge in [-0.25, -0.2) is 0 Å². The van der Waals surface area contributed by atoms with E-state index in [1.165, 1.54) is 16.3 Å². The molecule has 2 nitrogen and oxygen atoms in total. The van der Waals surface area contributed by atoms with Gasteiger partial charge in [-0.1, -0.05) is 49.4 Å². The van der Waals surface area contributed by atoms with E-state index in [1.54, 1.807) is 0 Å². The summed E-state index contributed by atoms with van der Waals surface area (Å²) in [7, 11) is 2.18. The fourth-order valence-corrected chi connectivity index (χ4v) is 2.71. The third kappa shape index (κ3) is 2.72. The van der Waals surface area contributed by atoms with Crippen LogP contribution in [0.2, 0.25) is 0 Å². The SMILES string of the molecule is CCC(C)(C)N(C)C(CN)c1cccc2ccccc12. The molecular weight excluding hydrogens is 244 g/mol. The van der Waals surface area contributed by atoms with Gasteiger partial charge in [0.15, 0.2) is 0 Å². The molecule has 108 valence electrons. The van der Waals surface area contributed by atoms with E-state index in [9.17, 15) is 0 Å². The molecule has 1 unspecified atom stereocenters. The predicted molar refractivity (Wildman–Crippen MR) is 87.9 cm³/mol. The zero-order valence-corrected chi connectivity index (χ0v) is 13.1. The van der Waals surface area contributed by atoms with Crippen LogP contribution in [-0.2, 0) is 0 Å². The first-order valence-electron chi connectivity index (χ1n) is 7.42. The molecule has 0 saturated heterocycles. The van der Waals surface area contributed by atoms with Gasteiger partial charge in [-0.05, 0) is 43.7 Å². The van der Waals surface area contributed by atoms with Crippen LogP contribution in [0.4, 0.5) is 0 Å². The molecular formula is C18H26N2. The summed E-state index contributed by atoms with van der Waals surface area (Å²) < 4.78 is 0. The molecule has 0 aliphatic carbocycles. The van der Waals surface area contributed by atoms with Crippen LogP contribution < -0.4 is 5.73 Å². The maximum absolute atomic E-state index is 6.11. The third-order valence-electron chi connectivity index (χ3n) is 4.69. The number of hydrogen-bond acceptors (Lipinski definition) is 2. The van der Waals surface area contributed by atoms with Crippen LogP contribution in [0.25, 0.3) is 10.8 Å². The number of benzene rings is 2. The van der Waals surface area contributed by atoms with Gasteiger partial charge in [-0.2, -0.15) is 0 Å². The highest BCUT2D eigenvalue weighted by molar-refractivity contribution is 5.86. The quantitative estimate of drug-likeness (QED) is 0.891. The van der Waals surface area contributed by atoms with E-state index in [0.717, 1.165) is 6.42 Å². The van der Waals surface area contributed by atoms with Gasteiger partial charge in [-0.15, -0.1) is 0 Å². The number of hydrogen-bond donors (Lipinski definition) is 1. The molecule has 0 aliphatic heterocycles. The molecule has 20 heavy (non-hydrogen) atoms. The molecule has 0 amide bonds. The second-order valence-electron chi connectivity index (χ2n) is 6.10. The summed E-state index contributed by atoms with van der Waals surface area (Å²) in [6, 6.07) is 15.3. The van der Waals surface area contributed by atoms with Crippen molar-refractivity contribution in [2.24, 2.45) is 5.73 Å². The van der Waals surface area contributed by atoms with Crippen LogP contribution in [-0.4, -0.2) is 24.0 Å². The Bertz CT molecular complexity index is 569. The molecule has 2 rings (SSSR count).